The van der Waals surface area contributed by atoms with Gasteiger partial charge in [-0.25, -0.2) is 4.79 Å². The fraction of sp³-hybridized carbons (Fsp3) is 0.600. The van der Waals surface area contributed by atoms with Crippen LogP contribution >= 0.6 is 11.6 Å². The Morgan fingerprint density at radius 1 is 1.48 bits per heavy atom. The van der Waals surface area contributed by atoms with Crippen molar-refractivity contribution in [3.8, 4) is 0 Å². The number of aliphatic carboxylic acids is 1. The van der Waals surface area contributed by atoms with Crippen molar-refractivity contribution in [3.63, 3.8) is 0 Å². The first kappa shape index (κ1) is 15.9. The highest BCUT2D eigenvalue weighted by Crippen LogP contribution is 2.26. The predicted octanol–water partition coefficient (Wildman–Crippen LogP) is 2.88. The highest BCUT2D eigenvalue weighted by atomic mass is 35.5. The van der Waals surface area contributed by atoms with Gasteiger partial charge in [-0.3, -0.25) is 4.79 Å². The number of nitrogens with zero attached hydrogens (tertiary/aromatic N) is 2. The third-order valence-corrected chi connectivity index (χ3v) is 4.16. The smallest absolute Gasteiger partial charge is 0.326 e. The molecular weight excluding hydrogens is 292 g/mol. The molecule has 1 fully saturated rings. The van der Waals surface area contributed by atoms with Gasteiger partial charge in [0.2, 0.25) is 0 Å². The van der Waals surface area contributed by atoms with Crippen LogP contribution in [0.25, 0.3) is 0 Å². The fourth-order valence-electron chi connectivity index (χ4n) is 2.85. The molecule has 0 saturated carbocycles. The molecule has 2 unspecified atom stereocenters. The Balaban J connectivity index is 2.27. The van der Waals surface area contributed by atoms with E-state index in [0.717, 1.165) is 12.8 Å². The molecule has 0 radical (unpaired) electrons. The number of aromatic nitrogens is 1. The molecule has 5 nitrogen and oxygen atoms in total. The summed E-state index contributed by atoms with van der Waals surface area (Å²) in [5.41, 5.74) is 0.475. The molecule has 2 heterocycles. The van der Waals surface area contributed by atoms with Crippen LogP contribution in [0.4, 0.5) is 0 Å². The molecular formula is C15H21ClN2O3. The second-order valence-corrected chi connectivity index (χ2v) is 6.16. The minimum atomic E-state index is -0.936. The maximum absolute atomic E-state index is 12.7. The van der Waals surface area contributed by atoms with Crippen LogP contribution in [-0.2, 0) is 11.3 Å². The minimum absolute atomic E-state index is 0.241. The summed E-state index contributed by atoms with van der Waals surface area (Å²) in [5.74, 6) is -0.856. The van der Waals surface area contributed by atoms with Crippen LogP contribution < -0.4 is 0 Å². The monoisotopic (exact) mass is 312 g/mol. The van der Waals surface area contributed by atoms with Gasteiger partial charge >= 0.3 is 5.97 Å². The van der Waals surface area contributed by atoms with Crippen LogP contribution in [0, 0.1) is 5.92 Å². The van der Waals surface area contributed by atoms with Gasteiger partial charge in [0.15, 0.2) is 0 Å². The van der Waals surface area contributed by atoms with Gasteiger partial charge in [-0.1, -0.05) is 25.4 Å². The summed E-state index contributed by atoms with van der Waals surface area (Å²) in [6, 6.07) is 0.876. The van der Waals surface area contributed by atoms with Gasteiger partial charge in [0.1, 0.15) is 11.7 Å². The summed E-state index contributed by atoms with van der Waals surface area (Å²) in [6.45, 7) is 5.21. The van der Waals surface area contributed by atoms with Crippen molar-refractivity contribution in [3.05, 3.63) is 23.0 Å². The summed E-state index contributed by atoms with van der Waals surface area (Å²) in [7, 11) is 0. The minimum Gasteiger partial charge on any atom is -0.480 e. The summed E-state index contributed by atoms with van der Waals surface area (Å²) in [5, 5.41) is 9.88. The highest BCUT2D eigenvalue weighted by molar-refractivity contribution is 6.31. The molecule has 21 heavy (non-hydrogen) atoms. The van der Waals surface area contributed by atoms with E-state index >= 15 is 0 Å². The number of hydrogen-bond donors (Lipinski definition) is 1. The number of carboxylic acids is 1. The molecule has 2 rings (SSSR count). The first-order valence-electron chi connectivity index (χ1n) is 7.33. The third-order valence-electron chi connectivity index (χ3n) is 3.96. The largest absolute Gasteiger partial charge is 0.480 e. The second kappa shape index (κ2) is 6.52. The third kappa shape index (κ3) is 3.40. The van der Waals surface area contributed by atoms with Gasteiger partial charge in [-0.15, -0.1) is 0 Å². The van der Waals surface area contributed by atoms with Crippen LogP contribution in [0.2, 0.25) is 5.02 Å². The number of carbonyl (C=O) groups is 2. The predicted molar refractivity (Wildman–Crippen MR) is 80.6 cm³/mol. The van der Waals surface area contributed by atoms with Crippen molar-refractivity contribution in [1.82, 2.24) is 9.47 Å². The lowest BCUT2D eigenvalue weighted by molar-refractivity contribution is -0.144. The number of carboxylic acid groups (broad SMARTS) is 1. The van der Waals surface area contributed by atoms with Gasteiger partial charge < -0.3 is 14.6 Å². The molecule has 1 aliphatic rings. The number of halogens is 1. The van der Waals surface area contributed by atoms with Crippen molar-refractivity contribution in [2.45, 2.75) is 45.7 Å². The zero-order valence-electron chi connectivity index (χ0n) is 12.4. The van der Waals surface area contributed by atoms with Crippen LogP contribution in [0.3, 0.4) is 0 Å². The van der Waals surface area contributed by atoms with Crippen LogP contribution in [0.15, 0.2) is 12.3 Å². The van der Waals surface area contributed by atoms with Gasteiger partial charge in [0.25, 0.3) is 5.91 Å². The normalized spacial score (nSPS) is 22.3. The molecule has 0 bridgehead atoms. The topological polar surface area (TPSA) is 62.5 Å². The van der Waals surface area contributed by atoms with Crippen molar-refractivity contribution in [1.29, 1.82) is 0 Å². The van der Waals surface area contributed by atoms with E-state index < -0.39 is 12.0 Å². The summed E-state index contributed by atoms with van der Waals surface area (Å²) in [4.78, 5) is 25.6. The Labute approximate surface area is 129 Å². The van der Waals surface area contributed by atoms with E-state index in [9.17, 15) is 14.7 Å². The van der Waals surface area contributed by atoms with Crippen molar-refractivity contribution >= 4 is 23.5 Å². The van der Waals surface area contributed by atoms with E-state index in [-0.39, 0.29) is 5.91 Å². The van der Waals surface area contributed by atoms with Gasteiger partial charge in [0.05, 0.1) is 5.02 Å². The average Bonchev–Trinajstić information content (AvgIpc) is 2.79. The molecule has 1 aromatic rings. The van der Waals surface area contributed by atoms with Crippen molar-refractivity contribution in [2.24, 2.45) is 5.92 Å². The summed E-state index contributed by atoms with van der Waals surface area (Å²) in [6.07, 6.45) is 3.94. The van der Waals surface area contributed by atoms with Gasteiger partial charge in [-0.2, -0.15) is 0 Å². The lowest BCUT2D eigenvalue weighted by Gasteiger charge is -2.36. The standard InChI is InChI=1S/C15H21ClN2O3/c1-3-5-17-9-11(16)8-12(17)14(19)18-6-4-10(2)7-13(18)15(20)21/h8-10,13H,3-7H2,1-2H3,(H,20,21). The fourth-order valence-corrected chi connectivity index (χ4v) is 3.07. The number of carbonyl (C=O) groups excluding carboxylic acids is 1. The first-order chi connectivity index (χ1) is 9.93. The lowest BCUT2D eigenvalue weighted by atomic mass is 9.92. The molecule has 1 amide bonds. The maximum atomic E-state index is 12.7. The Hall–Kier alpha value is -1.49. The number of piperidine rings is 1. The molecule has 116 valence electrons. The Morgan fingerprint density at radius 3 is 2.81 bits per heavy atom. The van der Waals surface area contributed by atoms with Gasteiger partial charge in [0, 0.05) is 19.3 Å². The second-order valence-electron chi connectivity index (χ2n) is 5.72. The van der Waals surface area contributed by atoms with E-state index in [2.05, 4.69) is 0 Å². The quantitative estimate of drug-likeness (QED) is 0.930. The zero-order chi connectivity index (χ0) is 15.6. The van der Waals surface area contributed by atoms with Crippen molar-refractivity contribution < 1.29 is 14.7 Å². The van der Waals surface area contributed by atoms with E-state index in [1.165, 1.54) is 4.90 Å². The van der Waals surface area contributed by atoms with E-state index in [4.69, 9.17) is 11.6 Å². The maximum Gasteiger partial charge on any atom is 0.326 e. The Kier molecular flexibility index (Phi) is 4.93. The van der Waals surface area contributed by atoms with Gasteiger partial charge in [-0.05, 0) is 31.2 Å². The molecule has 0 aliphatic carbocycles. The van der Waals surface area contributed by atoms with E-state index in [1.807, 2.05) is 18.4 Å². The van der Waals surface area contributed by atoms with Crippen molar-refractivity contribution in [2.75, 3.05) is 6.54 Å². The summed E-state index contributed by atoms with van der Waals surface area (Å²) < 4.78 is 1.81. The number of hydrogen-bond acceptors (Lipinski definition) is 2. The van der Waals surface area contributed by atoms with Crippen LogP contribution in [-0.4, -0.2) is 39.0 Å². The van der Waals surface area contributed by atoms with E-state index in [1.54, 1.807) is 12.3 Å². The van der Waals surface area contributed by atoms with Crippen LogP contribution in [0.1, 0.15) is 43.6 Å². The molecule has 2 atom stereocenters. The SMILES string of the molecule is CCCn1cc(Cl)cc1C(=O)N1CCC(C)CC1C(=O)O. The first-order valence-corrected chi connectivity index (χ1v) is 7.71. The molecule has 0 spiro atoms. The molecule has 6 heteroatoms. The lowest BCUT2D eigenvalue weighted by Crippen LogP contribution is -2.50. The molecule has 1 saturated heterocycles. The molecule has 1 aromatic heterocycles. The average molecular weight is 313 g/mol. The molecule has 1 N–H and O–H groups in total. The number of rotatable bonds is 4. The number of aryl methyl sites for hydroxylation is 1. The highest BCUT2D eigenvalue weighted by Gasteiger charge is 2.36. The van der Waals surface area contributed by atoms with Crippen LogP contribution in [0.5, 0.6) is 0 Å². The Bertz CT molecular complexity index is 541. The molecule has 0 aromatic carbocycles. The van der Waals surface area contributed by atoms with E-state index in [0.29, 0.717) is 36.1 Å². The zero-order valence-corrected chi connectivity index (χ0v) is 13.1. The number of likely N-dealkylation sites (tertiary alicyclic amines) is 1. The number of amides is 1. The Morgan fingerprint density at radius 2 is 2.19 bits per heavy atom. The molecule has 1 aliphatic heterocycles. The summed E-state index contributed by atoms with van der Waals surface area (Å²) >= 11 is 6.00.